The largest absolute Gasteiger partial charge is 0.489 e. The van der Waals surface area contributed by atoms with Gasteiger partial charge in [-0.3, -0.25) is 0 Å². The zero-order valence-corrected chi connectivity index (χ0v) is 12.5. The third-order valence-electron chi connectivity index (χ3n) is 3.14. The molecule has 0 fully saturated rings. The molecule has 0 aromatic heterocycles. The fourth-order valence-corrected chi connectivity index (χ4v) is 1.98. The molecule has 0 atom stereocenters. The summed E-state index contributed by atoms with van der Waals surface area (Å²) in [6, 6.07) is 6.40. The van der Waals surface area contributed by atoms with Gasteiger partial charge in [0.1, 0.15) is 12.4 Å². The molecular weight excluding hydrogens is 232 g/mol. The fourth-order valence-electron chi connectivity index (χ4n) is 1.98. The van der Waals surface area contributed by atoms with Gasteiger partial charge >= 0.3 is 0 Å². The first-order valence-corrected chi connectivity index (χ1v) is 6.79. The van der Waals surface area contributed by atoms with Gasteiger partial charge in [0.25, 0.3) is 0 Å². The first kappa shape index (κ1) is 15.3. The van der Waals surface area contributed by atoms with Crippen LogP contribution in [0.2, 0.25) is 0 Å². The molecule has 102 valence electrons. The van der Waals surface area contributed by atoms with Crippen LogP contribution in [-0.4, -0.2) is 6.61 Å². The molecule has 1 rings (SSSR count). The van der Waals surface area contributed by atoms with Crippen LogP contribution in [0.25, 0.3) is 0 Å². The summed E-state index contributed by atoms with van der Waals surface area (Å²) in [6.07, 6.45) is 6.93. The molecule has 0 aliphatic carbocycles. The number of hydrogen-bond acceptors (Lipinski definition) is 1. The maximum Gasteiger partial charge on any atom is 0.120 e. The molecular formula is C18H24O. The second-order valence-electron chi connectivity index (χ2n) is 4.70. The number of aryl methyl sites for hydroxylation is 2. The highest BCUT2D eigenvalue weighted by molar-refractivity contribution is 5.36. The second kappa shape index (κ2) is 7.63. The Morgan fingerprint density at radius 3 is 2.63 bits per heavy atom. The van der Waals surface area contributed by atoms with Gasteiger partial charge in [-0.2, -0.15) is 0 Å². The monoisotopic (exact) mass is 256 g/mol. The fraction of sp³-hybridized carbons (Fsp3) is 0.333. The number of rotatable bonds is 6. The van der Waals surface area contributed by atoms with E-state index < -0.39 is 0 Å². The Hall–Kier alpha value is -1.76. The summed E-state index contributed by atoms with van der Waals surface area (Å²) < 4.78 is 5.91. The van der Waals surface area contributed by atoms with E-state index in [1.54, 1.807) is 6.08 Å². The molecule has 0 saturated heterocycles. The van der Waals surface area contributed by atoms with E-state index in [-0.39, 0.29) is 0 Å². The highest BCUT2D eigenvalue weighted by Crippen LogP contribution is 2.19. The molecule has 0 N–H and O–H groups in total. The maximum absolute atomic E-state index is 5.91. The molecule has 0 heterocycles. The standard InChI is InChI=1S/C18H24O/c1-6-9-15(5)17(8-3)13-19-18-11-14(4)10-16(7-2)12-18/h6,8-12H,1,7,13H2,2-5H3/b15-9-,17-8-. The van der Waals surface area contributed by atoms with Crippen LogP contribution < -0.4 is 4.74 Å². The minimum atomic E-state index is 0.597. The number of allylic oxidation sites excluding steroid dienone is 3. The van der Waals surface area contributed by atoms with E-state index >= 15 is 0 Å². The van der Waals surface area contributed by atoms with Crippen molar-refractivity contribution in [2.45, 2.75) is 34.1 Å². The lowest BCUT2D eigenvalue weighted by atomic mass is 10.1. The van der Waals surface area contributed by atoms with Crippen LogP contribution in [0.4, 0.5) is 0 Å². The third kappa shape index (κ3) is 4.78. The lowest BCUT2D eigenvalue weighted by Crippen LogP contribution is -2.03. The van der Waals surface area contributed by atoms with E-state index in [1.807, 2.05) is 13.0 Å². The smallest absolute Gasteiger partial charge is 0.120 e. The van der Waals surface area contributed by atoms with E-state index in [9.17, 15) is 0 Å². The molecule has 1 heteroatoms. The predicted octanol–water partition coefficient (Wildman–Crippen LogP) is 5.01. The molecule has 0 radical (unpaired) electrons. The van der Waals surface area contributed by atoms with Crippen LogP contribution in [-0.2, 0) is 6.42 Å². The van der Waals surface area contributed by atoms with Crippen LogP contribution in [0, 0.1) is 6.92 Å². The second-order valence-corrected chi connectivity index (χ2v) is 4.70. The van der Waals surface area contributed by atoms with E-state index in [4.69, 9.17) is 4.74 Å². The Kier molecular flexibility index (Phi) is 6.14. The Morgan fingerprint density at radius 2 is 2.05 bits per heavy atom. The highest BCUT2D eigenvalue weighted by Gasteiger charge is 2.02. The van der Waals surface area contributed by atoms with Crippen molar-refractivity contribution in [3.8, 4) is 5.75 Å². The Morgan fingerprint density at radius 1 is 1.32 bits per heavy atom. The first-order valence-electron chi connectivity index (χ1n) is 6.79. The van der Waals surface area contributed by atoms with Crippen molar-refractivity contribution < 1.29 is 4.74 Å². The SMILES string of the molecule is C=C/C=C(C)\C(=C/C)COc1cc(C)cc(CC)c1. The van der Waals surface area contributed by atoms with Crippen molar-refractivity contribution in [2.24, 2.45) is 0 Å². The van der Waals surface area contributed by atoms with Crippen LogP contribution >= 0.6 is 0 Å². The molecule has 19 heavy (non-hydrogen) atoms. The molecule has 0 bridgehead atoms. The van der Waals surface area contributed by atoms with Gasteiger partial charge in [-0.05, 0) is 61.6 Å². The van der Waals surface area contributed by atoms with Crippen molar-refractivity contribution in [2.75, 3.05) is 6.61 Å². The van der Waals surface area contributed by atoms with Crippen molar-refractivity contribution in [3.63, 3.8) is 0 Å². The van der Waals surface area contributed by atoms with Gasteiger partial charge in [-0.1, -0.05) is 37.8 Å². The summed E-state index contributed by atoms with van der Waals surface area (Å²) >= 11 is 0. The Labute approximate surface area is 117 Å². The van der Waals surface area contributed by atoms with Crippen LogP contribution in [0.3, 0.4) is 0 Å². The molecule has 0 amide bonds. The van der Waals surface area contributed by atoms with Crippen molar-refractivity contribution in [1.29, 1.82) is 0 Å². The molecule has 1 nitrogen and oxygen atoms in total. The molecule has 0 spiro atoms. The summed E-state index contributed by atoms with van der Waals surface area (Å²) in [4.78, 5) is 0. The average Bonchev–Trinajstić information content (AvgIpc) is 2.39. The van der Waals surface area contributed by atoms with Crippen LogP contribution in [0.1, 0.15) is 31.9 Å². The van der Waals surface area contributed by atoms with Crippen molar-refractivity contribution >= 4 is 0 Å². The number of hydrogen-bond donors (Lipinski definition) is 0. The average molecular weight is 256 g/mol. The quantitative estimate of drug-likeness (QED) is 0.650. The highest BCUT2D eigenvalue weighted by atomic mass is 16.5. The van der Waals surface area contributed by atoms with Gasteiger partial charge in [-0.15, -0.1) is 0 Å². The summed E-state index contributed by atoms with van der Waals surface area (Å²) in [5.74, 6) is 0.947. The van der Waals surface area contributed by atoms with Gasteiger partial charge in [-0.25, -0.2) is 0 Å². The lowest BCUT2D eigenvalue weighted by molar-refractivity contribution is 0.353. The van der Waals surface area contributed by atoms with Gasteiger partial charge in [0.05, 0.1) is 0 Å². The minimum Gasteiger partial charge on any atom is -0.489 e. The van der Waals surface area contributed by atoms with E-state index in [0.29, 0.717) is 6.61 Å². The molecule has 0 saturated carbocycles. The molecule has 1 aromatic rings. The molecule has 0 unspecified atom stereocenters. The summed E-state index contributed by atoms with van der Waals surface area (Å²) in [5.41, 5.74) is 4.95. The normalized spacial score (nSPS) is 12.4. The van der Waals surface area contributed by atoms with Gasteiger partial charge in [0.15, 0.2) is 0 Å². The summed E-state index contributed by atoms with van der Waals surface area (Å²) in [6.45, 7) is 12.7. The molecule has 0 aliphatic rings. The van der Waals surface area contributed by atoms with Gasteiger partial charge in [0.2, 0.25) is 0 Å². The first-order chi connectivity index (χ1) is 9.10. The van der Waals surface area contributed by atoms with Gasteiger partial charge in [0, 0.05) is 0 Å². The third-order valence-corrected chi connectivity index (χ3v) is 3.14. The van der Waals surface area contributed by atoms with Gasteiger partial charge < -0.3 is 4.74 Å². The summed E-state index contributed by atoms with van der Waals surface area (Å²) in [5, 5.41) is 0. The van der Waals surface area contributed by atoms with Crippen molar-refractivity contribution in [1.82, 2.24) is 0 Å². The summed E-state index contributed by atoms with van der Waals surface area (Å²) in [7, 11) is 0. The zero-order chi connectivity index (χ0) is 14.3. The molecule has 0 aliphatic heterocycles. The van der Waals surface area contributed by atoms with E-state index in [1.165, 1.54) is 22.3 Å². The van der Waals surface area contributed by atoms with E-state index in [2.05, 4.69) is 51.6 Å². The topological polar surface area (TPSA) is 9.23 Å². The van der Waals surface area contributed by atoms with Crippen LogP contribution in [0.15, 0.2) is 54.2 Å². The Bertz CT molecular complexity index is 492. The number of benzene rings is 1. The number of ether oxygens (including phenoxy) is 1. The van der Waals surface area contributed by atoms with Crippen molar-refractivity contribution in [3.05, 3.63) is 65.3 Å². The van der Waals surface area contributed by atoms with Crippen LogP contribution in [0.5, 0.6) is 5.75 Å². The minimum absolute atomic E-state index is 0.597. The molecule has 1 aromatic carbocycles. The predicted molar refractivity (Wildman–Crippen MR) is 83.8 cm³/mol. The maximum atomic E-state index is 5.91. The Balaban J connectivity index is 2.78. The lowest BCUT2D eigenvalue weighted by Gasteiger charge is -2.12. The van der Waals surface area contributed by atoms with E-state index in [0.717, 1.165) is 12.2 Å². The zero-order valence-electron chi connectivity index (χ0n) is 12.5.